The monoisotopic (exact) mass is 307 g/mol. The Balaban J connectivity index is 2.48. The SMILES string of the molecule is CCC(C)(N)c1nc(-c2cccc(Br)c2)c(C)[nH]1. The number of imidazole rings is 1. The van der Waals surface area contributed by atoms with Gasteiger partial charge >= 0.3 is 0 Å². The van der Waals surface area contributed by atoms with Crippen LogP contribution in [0.2, 0.25) is 0 Å². The Morgan fingerprint density at radius 2 is 2.17 bits per heavy atom. The van der Waals surface area contributed by atoms with Crippen molar-refractivity contribution in [2.45, 2.75) is 32.7 Å². The summed E-state index contributed by atoms with van der Waals surface area (Å²) in [5, 5.41) is 0. The Bertz CT molecular complexity index is 558. The molecule has 0 amide bonds. The first-order chi connectivity index (χ1) is 8.44. The molecule has 96 valence electrons. The number of nitrogens with zero attached hydrogens (tertiary/aromatic N) is 1. The summed E-state index contributed by atoms with van der Waals surface area (Å²) in [6.45, 7) is 6.09. The molecule has 2 aromatic rings. The highest BCUT2D eigenvalue weighted by Gasteiger charge is 2.24. The smallest absolute Gasteiger partial charge is 0.126 e. The summed E-state index contributed by atoms with van der Waals surface area (Å²) in [7, 11) is 0. The van der Waals surface area contributed by atoms with E-state index in [4.69, 9.17) is 5.73 Å². The second-order valence-electron chi connectivity index (χ2n) is 4.84. The number of nitrogens with two attached hydrogens (primary N) is 1. The van der Waals surface area contributed by atoms with Crippen LogP contribution in [-0.2, 0) is 5.54 Å². The Hall–Kier alpha value is -1.13. The van der Waals surface area contributed by atoms with Crippen LogP contribution < -0.4 is 5.73 Å². The van der Waals surface area contributed by atoms with E-state index in [9.17, 15) is 0 Å². The summed E-state index contributed by atoms with van der Waals surface area (Å²) in [5.41, 5.74) is 8.93. The summed E-state index contributed by atoms with van der Waals surface area (Å²) >= 11 is 3.48. The van der Waals surface area contributed by atoms with Gasteiger partial charge in [0.1, 0.15) is 5.82 Å². The van der Waals surface area contributed by atoms with E-state index in [1.165, 1.54) is 0 Å². The molecule has 0 saturated heterocycles. The Morgan fingerprint density at radius 3 is 2.78 bits per heavy atom. The number of aryl methyl sites for hydroxylation is 1. The van der Waals surface area contributed by atoms with Crippen LogP contribution in [0.1, 0.15) is 31.8 Å². The molecule has 1 heterocycles. The zero-order valence-electron chi connectivity index (χ0n) is 10.9. The first-order valence-electron chi connectivity index (χ1n) is 6.06. The average molecular weight is 308 g/mol. The van der Waals surface area contributed by atoms with Gasteiger partial charge in [-0.1, -0.05) is 35.0 Å². The highest BCUT2D eigenvalue weighted by atomic mass is 79.9. The zero-order valence-corrected chi connectivity index (χ0v) is 12.5. The fourth-order valence-electron chi connectivity index (χ4n) is 1.82. The second kappa shape index (κ2) is 4.86. The molecule has 0 aliphatic carbocycles. The van der Waals surface area contributed by atoms with Crippen LogP contribution in [-0.4, -0.2) is 9.97 Å². The van der Waals surface area contributed by atoms with E-state index >= 15 is 0 Å². The van der Waals surface area contributed by atoms with E-state index in [1.54, 1.807) is 0 Å². The lowest BCUT2D eigenvalue weighted by Crippen LogP contribution is -2.33. The number of nitrogens with one attached hydrogen (secondary N) is 1. The molecular weight excluding hydrogens is 290 g/mol. The number of halogens is 1. The third-order valence-corrected chi connectivity index (χ3v) is 3.75. The molecule has 1 aromatic heterocycles. The van der Waals surface area contributed by atoms with Gasteiger partial charge in [0.25, 0.3) is 0 Å². The Labute approximate surface area is 116 Å². The van der Waals surface area contributed by atoms with Gasteiger partial charge in [0.05, 0.1) is 11.2 Å². The quantitative estimate of drug-likeness (QED) is 0.907. The fourth-order valence-corrected chi connectivity index (χ4v) is 2.21. The molecule has 0 aliphatic rings. The molecule has 1 aromatic carbocycles. The number of hydrogen-bond donors (Lipinski definition) is 2. The van der Waals surface area contributed by atoms with Crippen LogP contribution in [0.3, 0.4) is 0 Å². The predicted octanol–water partition coefficient (Wildman–Crippen LogP) is 3.73. The molecular formula is C14H18BrN3. The van der Waals surface area contributed by atoms with Crippen molar-refractivity contribution in [3.8, 4) is 11.3 Å². The number of rotatable bonds is 3. The van der Waals surface area contributed by atoms with Crippen molar-refractivity contribution < 1.29 is 0 Å². The summed E-state index contributed by atoms with van der Waals surface area (Å²) < 4.78 is 1.05. The minimum Gasteiger partial charge on any atom is -0.344 e. The molecule has 18 heavy (non-hydrogen) atoms. The molecule has 0 saturated carbocycles. The molecule has 0 spiro atoms. The molecule has 0 aliphatic heterocycles. The van der Waals surface area contributed by atoms with Crippen molar-refractivity contribution in [3.63, 3.8) is 0 Å². The predicted molar refractivity (Wildman–Crippen MR) is 78.3 cm³/mol. The van der Waals surface area contributed by atoms with Crippen molar-refractivity contribution in [2.24, 2.45) is 5.73 Å². The lowest BCUT2D eigenvalue weighted by atomic mass is 10.00. The van der Waals surface area contributed by atoms with Gasteiger partial charge in [-0.3, -0.25) is 0 Å². The van der Waals surface area contributed by atoms with Gasteiger partial charge in [0.15, 0.2) is 0 Å². The lowest BCUT2D eigenvalue weighted by molar-refractivity contribution is 0.449. The molecule has 0 fully saturated rings. The number of H-pyrrole nitrogens is 1. The maximum absolute atomic E-state index is 6.22. The number of benzene rings is 1. The van der Waals surface area contributed by atoms with Crippen LogP contribution in [0.4, 0.5) is 0 Å². The largest absolute Gasteiger partial charge is 0.344 e. The van der Waals surface area contributed by atoms with Gasteiger partial charge in [0, 0.05) is 15.7 Å². The Morgan fingerprint density at radius 1 is 1.44 bits per heavy atom. The third kappa shape index (κ3) is 2.49. The van der Waals surface area contributed by atoms with Crippen molar-refractivity contribution in [1.82, 2.24) is 9.97 Å². The van der Waals surface area contributed by atoms with Crippen LogP contribution >= 0.6 is 15.9 Å². The van der Waals surface area contributed by atoms with E-state index in [0.29, 0.717) is 0 Å². The molecule has 3 N–H and O–H groups in total. The summed E-state index contributed by atoms with van der Waals surface area (Å²) in [4.78, 5) is 7.96. The van der Waals surface area contributed by atoms with Gasteiger partial charge in [-0.15, -0.1) is 0 Å². The molecule has 2 rings (SSSR count). The van der Waals surface area contributed by atoms with E-state index in [1.807, 2.05) is 26.0 Å². The summed E-state index contributed by atoms with van der Waals surface area (Å²) in [6.07, 6.45) is 0.845. The number of aromatic amines is 1. The van der Waals surface area contributed by atoms with Gasteiger partial charge in [-0.2, -0.15) is 0 Å². The maximum Gasteiger partial charge on any atom is 0.126 e. The molecule has 0 bridgehead atoms. The van der Waals surface area contributed by atoms with Crippen LogP contribution in [0.15, 0.2) is 28.7 Å². The average Bonchev–Trinajstić information content (AvgIpc) is 2.72. The lowest BCUT2D eigenvalue weighted by Gasteiger charge is -2.19. The fraction of sp³-hybridized carbons (Fsp3) is 0.357. The summed E-state index contributed by atoms with van der Waals surface area (Å²) in [6, 6.07) is 8.13. The van der Waals surface area contributed by atoms with Gasteiger partial charge in [-0.05, 0) is 32.4 Å². The van der Waals surface area contributed by atoms with E-state index in [-0.39, 0.29) is 0 Å². The van der Waals surface area contributed by atoms with Gasteiger partial charge in [0.2, 0.25) is 0 Å². The van der Waals surface area contributed by atoms with Crippen LogP contribution in [0.25, 0.3) is 11.3 Å². The van der Waals surface area contributed by atoms with Crippen molar-refractivity contribution >= 4 is 15.9 Å². The molecule has 1 atom stereocenters. The van der Waals surface area contributed by atoms with Gasteiger partial charge < -0.3 is 10.7 Å². The first-order valence-corrected chi connectivity index (χ1v) is 6.85. The van der Waals surface area contributed by atoms with E-state index < -0.39 is 5.54 Å². The molecule has 3 nitrogen and oxygen atoms in total. The van der Waals surface area contributed by atoms with E-state index in [0.717, 1.165) is 33.7 Å². The van der Waals surface area contributed by atoms with Gasteiger partial charge in [-0.25, -0.2) is 4.98 Å². The maximum atomic E-state index is 6.22. The van der Waals surface area contributed by atoms with E-state index in [2.05, 4.69) is 45.0 Å². The third-order valence-electron chi connectivity index (χ3n) is 3.26. The van der Waals surface area contributed by atoms with Crippen molar-refractivity contribution in [2.75, 3.05) is 0 Å². The highest BCUT2D eigenvalue weighted by Crippen LogP contribution is 2.27. The normalized spacial score (nSPS) is 14.5. The van der Waals surface area contributed by atoms with Crippen LogP contribution in [0, 0.1) is 6.92 Å². The first kappa shape index (κ1) is 13.3. The van der Waals surface area contributed by atoms with Crippen molar-refractivity contribution in [1.29, 1.82) is 0 Å². The topological polar surface area (TPSA) is 54.7 Å². The second-order valence-corrected chi connectivity index (χ2v) is 5.76. The molecule has 4 heteroatoms. The molecule has 0 radical (unpaired) electrons. The highest BCUT2D eigenvalue weighted by molar-refractivity contribution is 9.10. The van der Waals surface area contributed by atoms with Crippen LogP contribution in [0.5, 0.6) is 0 Å². The Kier molecular flexibility index (Phi) is 3.59. The summed E-state index contributed by atoms with van der Waals surface area (Å²) in [5.74, 6) is 0.845. The minimum absolute atomic E-state index is 0.408. The minimum atomic E-state index is -0.408. The molecule has 1 unspecified atom stereocenters. The number of aromatic nitrogens is 2. The standard InChI is InChI=1S/C14H18BrN3/c1-4-14(3,16)13-17-9(2)12(18-13)10-6-5-7-11(15)8-10/h5-8H,4,16H2,1-3H3,(H,17,18). The van der Waals surface area contributed by atoms with Crippen molar-refractivity contribution in [3.05, 3.63) is 40.3 Å². The number of hydrogen-bond acceptors (Lipinski definition) is 2. The zero-order chi connectivity index (χ0) is 13.3.